The average molecular weight is 308 g/mol. The van der Waals surface area contributed by atoms with Gasteiger partial charge in [0.05, 0.1) is 13.2 Å². The zero-order valence-corrected chi connectivity index (χ0v) is 14.0. The summed E-state index contributed by atoms with van der Waals surface area (Å²) in [6.45, 7) is 10.0. The van der Waals surface area contributed by atoms with E-state index in [0.717, 1.165) is 0 Å². The maximum Gasteiger partial charge on any atom is 0.407 e. The first-order valence-electron chi connectivity index (χ1n) is 7.69. The van der Waals surface area contributed by atoms with Crippen LogP contribution in [0.4, 0.5) is 4.79 Å². The highest BCUT2D eigenvalue weighted by Crippen LogP contribution is 2.06. The van der Waals surface area contributed by atoms with Crippen molar-refractivity contribution in [3.63, 3.8) is 0 Å². The SMILES string of the molecule is CC(COCc1ccccc1)NCCNC(=O)OC(C)(C)C. The summed E-state index contributed by atoms with van der Waals surface area (Å²) in [5, 5.41) is 6.00. The molecule has 0 spiro atoms. The predicted octanol–water partition coefficient (Wildman–Crippen LogP) is 2.71. The van der Waals surface area contributed by atoms with Gasteiger partial charge in [0.15, 0.2) is 0 Å². The molecule has 1 aromatic rings. The standard InChI is InChI=1S/C17H28N2O3/c1-14(12-21-13-15-8-6-5-7-9-15)18-10-11-19-16(20)22-17(2,3)4/h5-9,14,18H,10-13H2,1-4H3,(H,19,20). The first kappa shape index (κ1) is 18.5. The topological polar surface area (TPSA) is 59.6 Å². The van der Waals surface area contributed by atoms with Crippen LogP contribution in [0.5, 0.6) is 0 Å². The van der Waals surface area contributed by atoms with E-state index in [9.17, 15) is 4.79 Å². The van der Waals surface area contributed by atoms with Gasteiger partial charge in [0, 0.05) is 19.1 Å². The summed E-state index contributed by atoms with van der Waals surface area (Å²) in [6, 6.07) is 10.3. The van der Waals surface area contributed by atoms with Gasteiger partial charge in [-0.25, -0.2) is 4.79 Å². The molecule has 0 aromatic heterocycles. The molecule has 1 unspecified atom stereocenters. The van der Waals surface area contributed by atoms with Crippen molar-refractivity contribution in [1.29, 1.82) is 0 Å². The molecule has 1 aromatic carbocycles. The van der Waals surface area contributed by atoms with Crippen LogP contribution in [-0.4, -0.2) is 37.4 Å². The molecule has 2 N–H and O–H groups in total. The van der Waals surface area contributed by atoms with Gasteiger partial charge in [0.25, 0.3) is 0 Å². The van der Waals surface area contributed by atoms with Crippen molar-refractivity contribution in [1.82, 2.24) is 10.6 Å². The van der Waals surface area contributed by atoms with E-state index in [1.165, 1.54) is 5.56 Å². The molecular weight excluding hydrogens is 280 g/mol. The van der Waals surface area contributed by atoms with Crippen LogP contribution in [0.25, 0.3) is 0 Å². The number of rotatable bonds is 8. The van der Waals surface area contributed by atoms with Crippen molar-refractivity contribution >= 4 is 6.09 Å². The van der Waals surface area contributed by atoms with Crippen LogP contribution < -0.4 is 10.6 Å². The highest BCUT2D eigenvalue weighted by molar-refractivity contribution is 5.67. The number of hydrogen-bond donors (Lipinski definition) is 2. The number of ether oxygens (including phenoxy) is 2. The van der Waals surface area contributed by atoms with Gasteiger partial charge in [-0.3, -0.25) is 0 Å². The molecule has 0 saturated carbocycles. The van der Waals surface area contributed by atoms with E-state index < -0.39 is 5.60 Å². The van der Waals surface area contributed by atoms with Gasteiger partial charge in [-0.15, -0.1) is 0 Å². The molecule has 0 fully saturated rings. The zero-order valence-electron chi connectivity index (χ0n) is 14.0. The summed E-state index contributed by atoms with van der Waals surface area (Å²) in [5.41, 5.74) is 0.706. The lowest BCUT2D eigenvalue weighted by Gasteiger charge is -2.20. The van der Waals surface area contributed by atoms with E-state index in [-0.39, 0.29) is 12.1 Å². The maximum atomic E-state index is 11.4. The third kappa shape index (κ3) is 9.37. The van der Waals surface area contributed by atoms with Gasteiger partial charge in [0.1, 0.15) is 5.60 Å². The minimum Gasteiger partial charge on any atom is -0.444 e. The fraction of sp³-hybridized carbons (Fsp3) is 0.588. The second-order valence-electron chi connectivity index (χ2n) is 6.28. The molecule has 0 radical (unpaired) electrons. The predicted molar refractivity (Wildman–Crippen MR) is 87.8 cm³/mol. The quantitative estimate of drug-likeness (QED) is 0.725. The van der Waals surface area contributed by atoms with Crippen LogP contribution in [-0.2, 0) is 16.1 Å². The second-order valence-corrected chi connectivity index (χ2v) is 6.28. The highest BCUT2D eigenvalue weighted by Gasteiger charge is 2.15. The highest BCUT2D eigenvalue weighted by atomic mass is 16.6. The first-order valence-corrected chi connectivity index (χ1v) is 7.69. The lowest BCUT2D eigenvalue weighted by atomic mass is 10.2. The Morgan fingerprint density at radius 2 is 1.86 bits per heavy atom. The first-order chi connectivity index (χ1) is 10.4. The maximum absolute atomic E-state index is 11.4. The number of amides is 1. The monoisotopic (exact) mass is 308 g/mol. The van der Waals surface area contributed by atoms with Crippen molar-refractivity contribution in [2.75, 3.05) is 19.7 Å². The van der Waals surface area contributed by atoms with Crippen LogP contribution in [0.15, 0.2) is 30.3 Å². The van der Waals surface area contributed by atoms with Crippen molar-refractivity contribution in [3.8, 4) is 0 Å². The molecule has 5 heteroatoms. The summed E-state index contributed by atoms with van der Waals surface area (Å²) in [5.74, 6) is 0. The average Bonchev–Trinajstić information content (AvgIpc) is 2.43. The summed E-state index contributed by atoms with van der Waals surface area (Å²) in [7, 11) is 0. The van der Waals surface area contributed by atoms with Gasteiger partial charge < -0.3 is 20.1 Å². The molecular formula is C17H28N2O3. The minimum atomic E-state index is -0.462. The van der Waals surface area contributed by atoms with Crippen LogP contribution >= 0.6 is 0 Å². The molecule has 0 aliphatic carbocycles. The Labute approximate surface area is 133 Å². The summed E-state index contributed by atoms with van der Waals surface area (Å²) >= 11 is 0. The Morgan fingerprint density at radius 3 is 2.50 bits per heavy atom. The lowest BCUT2D eigenvalue weighted by molar-refractivity contribution is 0.0526. The van der Waals surface area contributed by atoms with Crippen molar-refractivity contribution in [3.05, 3.63) is 35.9 Å². The Kier molecular flexibility index (Phi) is 7.91. The number of nitrogens with one attached hydrogen (secondary N) is 2. The summed E-state index contributed by atoms with van der Waals surface area (Å²) < 4.78 is 10.8. The van der Waals surface area contributed by atoms with Crippen LogP contribution in [0.3, 0.4) is 0 Å². The Balaban J connectivity index is 2.04. The molecule has 1 amide bonds. The minimum absolute atomic E-state index is 0.226. The van der Waals surface area contributed by atoms with E-state index >= 15 is 0 Å². The zero-order chi connectivity index (χ0) is 16.4. The van der Waals surface area contributed by atoms with E-state index in [1.807, 2.05) is 51.1 Å². The van der Waals surface area contributed by atoms with Crippen molar-refractivity contribution < 1.29 is 14.3 Å². The van der Waals surface area contributed by atoms with E-state index in [4.69, 9.17) is 9.47 Å². The van der Waals surface area contributed by atoms with Gasteiger partial charge in [-0.05, 0) is 33.3 Å². The second kappa shape index (κ2) is 9.43. The van der Waals surface area contributed by atoms with Gasteiger partial charge >= 0.3 is 6.09 Å². The van der Waals surface area contributed by atoms with E-state index in [1.54, 1.807) is 0 Å². The number of benzene rings is 1. The fourth-order valence-corrected chi connectivity index (χ4v) is 1.78. The normalized spacial score (nSPS) is 12.7. The molecule has 0 aliphatic rings. The summed E-state index contributed by atoms with van der Waals surface area (Å²) in [6.07, 6.45) is -0.387. The van der Waals surface area contributed by atoms with Crippen molar-refractivity contribution in [2.24, 2.45) is 0 Å². The summed E-state index contributed by atoms with van der Waals surface area (Å²) in [4.78, 5) is 11.4. The van der Waals surface area contributed by atoms with Crippen molar-refractivity contribution in [2.45, 2.75) is 45.9 Å². The smallest absolute Gasteiger partial charge is 0.407 e. The van der Waals surface area contributed by atoms with Gasteiger partial charge in [-0.1, -0.05) is 30.3 Å². The number of carbonyl (C=O) groups excluding carboxylic acids is 1. The third-order valence-electron chi connectivity index (χ3n) is 2.77. The molecule has 124 valence electrons. The lowest BCUT2D eigenvalue weighted by Crippen LogP contribution is -2.39. The molecule has 5 nitrogen and oxygen atoms in total. The van der Waals surface area contributed by atoms with E-state index in [0.29, 0.717) is 26.3 Å². The van der Waals surface area contributed by atoms with Gasteiger partial charge in [-0.2, -0.15) is 0 Å². The van der Waals surface area contributed by atoms with Crippen LogP contribution in [0.1, 0.15) is 33.3 Å². The fourth-order valence-electron chi connectivity index (χ4n) is 1.78. The molecule has 1 rings (SSSR count). The number of hydrogen-bond acceptors (Lipinski definition) is 4. The molecule has 0 bridgehead atoms. The molecule has 22 heavy (non-hydrogen) atoms. The largest absolute Gasteiger partial charge is 0.444 e. The van der Waals surface area contributed by atoms with Crippen LogP contribution in [0.2, 0.25) is 0 Å². The molecule has 0 saturated heterocycles. The number of alkyl carbamates (subject to hydrolysis) is 1. The Bertz CT molecular complexity index is 429. The van der Waals surface area contributed by atoms with E-state index in [2.05, 4.69) is 17.6 Å². The third-order valence-corrected chi connectivity index (χ3v) is 2.77. The van der Waals surface area contributed by atoms with Crippen LogP contribution in [0, 0.1) is 0 Å². The molecule has 0 aliphatic heterocycles. The number of carbonyl (C=O) groups is 1. The molecule has 0 heterocycles. The Hall–Kier alpha value is -1.59. The Morgan fingerprint density at radius 1 is 1.18 bits per heavy atom. The molecule has 1 atom stereocenters. The van der Waals surface area contributed by atoms with Gasteiger partial charge in [0.2, 0.25) is 0 Å².